The lowest BCUT2D eigenvalue weighted by molar-refractivity contribution is -0.169. The van der Waals surface area contributed by atoms with Crippen LogP contribution in [0, 0.1) is 0 Å². The van der Waals surface area contributed by atoms with Crippen molar-refractivity contribution in [3.63, 3.8) is 0 Å². The van der Waals surface area contributed by atoms with Gasteiger partial charge in [-0.2, -0.15) is 11.8 Å². The number of hydrogen-bond donors (Lipinski definition) is 1. The number of carbonyl (C=O) groups is 1. The number of ether oxygens (including phenoxy) is 1. The minimum absolute atomic E-state index is 0.181. The van der Waals surface area contributed by atoms with Gasteiger partial charge in [0.2, 0.25) is 0 Å². The molecule has 0 bridgehead atoms. The highest BCUT2D eigenvalue weighted by Gasteiger charge is 2.45. The molecule has 0 saturated carbocycles. The maximum Gasteiger partial charge on any atom is 0.329 e. The van der Waals surface area contributed by atoms with Gasteiger partial charge in [0, 0.05) is 24.4 Å². The second-order valence-corrected chi connectivity index (χ2v) is 6.45. The zero-order chi connectivity index (χ0) is 11.8. The smallest absolute Gasteiger partial charge is 0.329 e. The first-order valence-electron chi connectivity index (χ1n) is 5.72. The van der Waals surface area contributed by atoms with E-state index in [0.29, 0.717) is 11.3 Å². The molecular formula is C11H19NO3S. The Labute approximate surface area is 100 Å². The van der Waals surface area contributed by atoms with E-state index in [0.717, 1.165) is 13.1 Å². The van der Waals surface area contributed by atoms with Crippen molar-refractivity contribution in [1.82, 2.24) is 4.90 Å². The van der Waals surface area contributed by atoms with E-state index in [1.807, 2.05) is 18.7 Å². The first-order chi connectivity index (χ1) is 7.50. The van der Waals surface area contributed by atoms with Gasteiger partial charge in [-0.3, -0.25) is 4.90 Å². The Morgan fingerprint density at radius 3 is 2.81 bits per heavy atom. The van der Waals surface area contributed by atoms with Crippen molar-refractivity contribution in [1.29, 1.82) is 0 Å². The van der Waals surface area contributed by atoms with Crippen molar-refractivity contribution in [3.05, 3.63) is 0 Å². The lowest BCUT2D eigenvalue weighted by Gasteiger charge is -2.51. The third kappa shape index (κ3) is 2.52. The van der Waals surface area contributed by atoms with Crippen LogP contribution in [-0.2, 0) is 9.53 Å². The van der Waals surface area contributed by atoms with E-state index >= 15 is 0 Å². The van der Waals surface area contributed by atoms with Crippen molar-refractivity contribution in [2.75, 3.05) is 25.4 Å². The summed E-state index contributed by atoms with van der Waals surface area (Å²) in [7, 11) is 0. The monoisotopic (exact) mass is 245 g/mol. The average molecular weight is 245 g/mol. The van der Waals surface area contributed by atoms with E-state index in [9.17, 15) is 4.79 Å². The highest BCUT2D eigenvalue weighted by molar-refractivity contribution is 8.00. The minimum Gasteiger partial charge on any atom is -0.480 e. The van der Waals surface area contributed by atoms with Crippen LogP contribution in [0.25, 0.3) is 0 Å². The molecule has 0 radical (unpaired) electrons. The fourth-order valence-corrected chi connectivity index (χ4v) is 3.85. The highest BCUT2D eigenvalue weighted by atomic mass is 32.2. The molecule has 2 heterocycles. The first-order valence-corrected chi connectivity index (χ1v) is 6.76. The van der Waals surface area contributed by atoms with Crippen LogP contribution in [0.1, 0.15) is 20.3 Å². The number of rotatable bonds is 4. The largest absolute Gasteiger partial charge is 0.480 e. The van der Waals surface area contributed by atoms with Crippen molar-refractivity contribution in [2.45, 2.75) is 37.2 Å². The Kier molecular flexibility index (Phi) is 3.47. The number of carboxylic acids is 1. The van der Waals surface area contributed by atoms with Crippen LogP contribution in [0.5, 0.6) is 0 Å². The van der Waals surface area contributed by atoms with Gasteiger partial charge in [0.15, 0.2) is 0 Å². The summed E-state index contributed by atoms with van der Waals surface area (Å²) in [5.74, 6) is 0.360. The second kappa shape index (κ2) is 4.55. The number of thioether (sulfide) groups is 1. The summed E-state index contributed by atoms with van der Waals surface area (Å²) in [6.45, 7) is 5.83. The van der Waals surface area contributed by atoms with Gasteiger partial charge in [0.05, 0.1) is 5.60 Å². The van der Waals surface area contributed by atoms with Crippen molar-refractivity contribution in [3.8, 4) is 0 Å². The summed E-state index contributed by atoms with van der Waals surface area (Å²) >= 11 is 2.02. The van der Waals surface area contributed by atoms with Gasteiger partial charge in [-0.25, -0.2) is 4.79 Å². The molecule has 2 saturated heterocycles. The molecule has 0 aromatic rings. The average Bonchev–Trinajstić information content (AvgIpc) is 2.57. The summed E-state index contributed by atoms with van der Waals surface area (Å²) < 4.78 is 5.40. The van der Waals surface area contributed by atoms with Crippen LogP contribution in [0.15, 0.2) is 0 Å². The maximum absolute atomic E-state index is 10.4. The lowest BCUT2D eigenvalue weighted by Crippen LogP contribution is -2.65. The highest BCUT2D eigenvalue weighted by Crippen LogP contribution is 2.36. The predicted octanol–water partition coefficient (Wildman–Crippen LogP) is 1.06. The molecule has 5 heteroatoms. The molecule has 2 atom stereocenters. The molecule has 2 unspecified atom stereocenters. The topological polar surface area (TPSA) is 49.8 Å². The van der Waals surface area contributed by atoms with E-state index < -0.39 is 5.97 Å². The normalized spacial score (nSPS) is 33.6. The summed E-state index contributed by atoms with van der Waals surface area (Å²) in [6.07, 6.45) is 1.25. The van der Waals surface area contributed by atoms with E-state index in [1.54, 1.807) is 0 Å². The van der Waals surface area contributed by atoms with Crippen LogP contribution in [0.2, 0.25) is 0 Å². The SMILES string of the molecule is CC1SCCC1N1CC(C)(OCC(=O)O)C1. The molecule has 2 aliphatic rings. The van der Waals surface area contributed by atoms with E-state index in [1.165, 1.54) is 12.2 Å². The Morgan fingerprint density at radius 2 is 2.31 bits per heavy atom. The zero-order valence-corrected chi connectivity index (χ0v) is 10.6. The maximum atomic E-state index is 10.4. The molecular weight excluding hydrogens is 226 g/mol. The molecule has 0 aromatic heterocycles. The van der Waals surface area contributed by atoms with Gasteiger partial charge in [0.25, 0.3) is 0 Å². The van der Waals surface area contributed by atoms with Crippen LogP contribution in [0.3, 0.4) is 0 Å². The molecule has 4 nitrogen and oxygen atoms in total. The Hall–Kier alpha value is -0.260. The molecule has 0 aromatic carbocycles. The summed E-state index contributed by atoms with van der Waals surface area (Å²) in [5.41, 5.74) is -0.245. The van der Waals surface area contributed by atoms with Crippen molar-refractivity contribution < 1.29 is 14.6 Å². The third-order valence-corrected chi connectivity index (χ3v) is 4.74. The van der Waals surface area contributed by atoms with Crippen molar-refractivity contribution >= 4 is 17.7 Å². The minimum atomic E-state index is -0.885. The number of nitrogens with zero attached hydrogens (tertiary/aromatic N) is 1. The number of aliphatic carboxylic acids is 1. The van der Waals surface area contributed by atoms with Gasteiger partial charge in [-0.05, 0) is 19.1 Å². The zero-order valence-electron chi connectivity index (χ0n) is 9.81. The third-order valence-electron chi connectivity index (χ3n) is 3.42. The summed E-state index contributed by atoms with van der Waals surface area (Å²) in [5, 5.41) is 9.27. The van der Waals surface area contributed by atoms with Crippen molar-refractivity contribution in [2.24, 2.45) is 0 Å². The molecule has 2 fully saturated rings. The van der Waals surface area contributed by atoms with Gasteiger partial charge >= 0.3 is 5.97 Å². The van der Waals surface area contributed by atoms with E-state index in [4.69, 9.17) is 9.84 Å². The number of carboxylic acid groups (broad SMARTS) is 1. The first kappa shape index (κ1) is 12.2. The molecule has 0 aliphatic carbocycles. The lowest BCUT2D eigenvalue weighted by atomic mass is 9.92. The van der Waals surface area contributed by atoms with Crippen LogP contribution >= 0.6 is 11.8 Å². The molecule has 0 amide bonds. The second-order valence-electron chi connectivity index (χ2n) is 4.97. The Bertz CT molecular complexity index is 278. The van der Waals surface area contributed by atoms with Crippen LogP contribution in [0.4, 0.5) is 0 Å². The predicted molar refractivity (Wildman–Crippen MR) is 63.9 cm³/mol. The van der Waals surface area contributed by atoms with Gasteiger partial charge in [0.1, 0.15) is 6.61 Å². The van der Waals surface area contributed by atoms with E-state index in [2.05, 4.69) is 11.8 Å². The quantitative estimate of drug-likeness (QED) is 0.802. The van der Waals surface area contributed by atoms with Gasteiger partial charge in [-0.15, -0.1) is 0 Å². The van der Waals surface area contributed by atoms with E-state index in [-0.39, 0.29) is 12.2 Å². The molecule has 1 N–H and O–H groups in total. The fraction of sp³-hybridized carbons (Fsp3) is 0.909. The summed E-state index contributed by atoms with van der Waals surface area (Å²) in [6, 6.07) is 0.659. The molecule has 0 spiro atoms. The molecule has 16 heavy (non-hydrogen) atoms. The Morgan fingerprint density at radius 1 is 1.62 bits per heavy atom. The molecule has 2 rings (SSSR count). The van der Waals surface area contributed by atoms with Gasteiger partial charge < -0.3 is 9.84 Å². The standard InChI is InChI=1S/C11H19NO3S/c1-8-9(3-4-16-8)12-6-11(2,7-12)15-5-10(13)14/h8-9H,3-7H2,1-2H3,(H,13,14). The van der Waals surface area contributed by atoms with Crippen LogP contribution < -0.4 is 0 Å². The number of hydrogen-bond acceptors (Lipinski definition) is 4. The van der Waals surface area contributed by atoms with Gasteiger partial charge in [-0.1, -0.05) is 6.92 Å². The Balaban J connectivity index is 1.77. The molecule has 92 valence electrons. The number of likely N-dealkylation sites (tertiary alicyclic amines) is 1. The van der Waals surface area contributed by atoms with Crippen LogP contribution in [-0.4, -0.2) is 58.3 Å². The fourth-order valence-electron chi connectivity index (χ4n) is 2.57. The summed E-state index contributed by atoms with van der Waals surface area (Å²) in [4.78, 5) is 12.9. The molecule has 2 aliphatic heterocycles.